The van der Waals surface area contributed by atoms with Crippen molar-refractivity contribution >= 4 is 11.2 Å². The maximum Gasteiger partial charge on any atom is 0.119 e. The van der Waals surface area contributed by atoms with Gasteiger partial charge in [0.1, 0.15) is 18.5 Å². The minimum absolute atomic E-state index is 0.159. The summed E-state index contributed by atoms with van der Waals surface area (Å²) in [5, 5.41) is 24.2. The fraction of sp³-hybridized carbons (Fsp3) is 0.481. The Hall–Kier alpha value is -3.08. The highest BCUT2D eigenvalue weighted by atomic mass is 16.5. The Labute approximate surface area is 201 Å². The Bertz CT molecular complexity index is 1120. The maximum absolute atomic E-state index is 10.4. The van der Waals surface area contributed by atoms with Crippen molar-refractivity contribution in [3.8, 4) is 22.9 Å². The van der Waals surface area contributed by atoms with Crippen LogP contribution >= 0.6 is 0 Å². The number of anilines is 1. The van der Waals surface area contributed by atoms with Gasteiger partial charge in [-0.2, -0.15) is 10.4 Å². The molecule has 34 heavy (non-hydrogen) atoms. The van der Waals surface area contributed by atoms with E-state index in [1.807, 2.05) is 35.1 Å². The zero-order chi connectivity index (χ0) is 23.3. The van der Waals surface area contributed by atoms with Crippen LogP contribution in [0.5, 0.6) is 5.75 Å². The molecule has 3 aromatic rings. The van der Waals surface area contributed by atoms with Crippen molar-refractivity contribution in [2.75, 3.05) is 44.2 Å². The molecule has 2 aromatic heterocycles. The van der Waals surface area contributed by atoms with E-state index in [4.69, 9.17) is 4.74 Å². The number of hydrogen-bond acceptors (Lipinski definition) is 6. The summed E-state index contributed by atoms with van der Waals surface area (Å²) in [6.45, 7) is 4.89. The summed E-state index contributed by atoms with van der Waals surface area (Å²) in [6.07, 6.45) is 8.95. The zero-order valence-electron chi connectivity index (χ0n) is 19.6. The van der Waals surface area contributed by atoms with Gasteiger partial charge in [-0.1, -0.05) is 18.6 Å². The molecule has 178 valence electrons. The Morgan fingerprint density at radius 1 is 1.06 bits per heavy atom. The second-order valence-electron chi connectivity index (χ2n) is 9.49. The molecular weight excluding hydrogens is 426 g/mol. The summed E-state index contributed by atoms with van der Waals surface area (Å²) in [4.78, 5) is 4.70. The van der Waals surface area contributed by atoms with Gasteiger partial charge < -0.3 is 19.6 Å². The molecule has 0 bridgehead atoms. The third kappa shape index (κ3) is 5.03. The van der Waals surface area contributed by atoms with Gasteiger partial charge in [0.15, 0.2) is 0 Å². The van der Waals surface area contributed by atoms with Gasteiger partial charge in [0.2, 0.25) is 0 Å². The lowest BCUT2D eigenvalue weighted by molar-refractivity contribution is 0.0617. The molecule has 2 aliphatic heterocycles. The first kappa shape index (κ1) is 22.7. The van der Waals surface area contributed by atoms with Crippen molar-refractivity contribution < 1.29 is 9.84 Å². The molecule has 5 rings (SSSR count). The van der Waals surface area contributed by atoms with Crippen LogP contribution in [0, 0.1) is 17.2 Å². The second kappa shape index (κ2) is 10.5. The lowest BCUT2D eigenvalue weighted by Crippen LogP contribution is -2.38. The predicted octanol–water partition coefficient (Wildman–Crippen LogP) is 3.97. The van der Waals surface area contributed by atoms with E-state index in [1.165, 1.54) is 19.3 Å². The van der Waals surface area contributed by atoms with E-state index >= 15 is 0 Å². The zero-order valence-corrected chi connectivity index (χ0v) is 19.6. The number of nitriles is 1. The van der Waals surface area contributed by atoms with Gasteiger partial charge in [-0.05, 0) is 68.6 Å². The Morgan fingerprint density at radius 2 is 1.82 bits per heavy atom. The maximum atomic E-state index is 10.4. The number of likely N-dealkylation sites (tertiary alicyclic amines) is 1. The molecule has 0 aliphatic carbocycles. The van der Waals surface area contributed by atoms with Crippen molar-refractivity contribution in [2.24, 2.45) is 5.92 Å². The number of aliphatic hydroxyl groups is 1. The number of pyridine rings is 1. The van der Waals surface area contributed by atoms with Gasteiger partial charge in [-0.25, -0.2) is 4.52 Å². The van der Waals surface area contributed by atoms with E-state index in [0.717, 1.165) is 67.1 Å². The fourth-order valence-corrected chi connectivity index (χ4v) is 5.16. The highest BCUT2D eigenvalue weighted by molar-refractivity contribution is 5.90. The SMILES string of the molecule is N#CC1CCN(c2cccn3ncc(-c4ccc(OCC(O)CN5CCCCC5)cc4)c23)CC1. The van der Waals surface area contributed by atoms with E-state index < -0.39 is 6.10 Å². The van der Waals surface area contributed by atoms with Crippen LogP contribution in [-0.4, -0.2) is 65.1 Å². The highest BCUT2D eigenvalue weighted by Gasteiger charge is 2.22. The quantitative estimate of drug-likeness (QED) is 0.576. The van der Waals surface area contributed by atoms with Crippen LogP contribution in [-0.2, 0) is 0 Å². The number of β-amino-alcohol motifs (C(OH)–C–C–N with tert-alkyl or cyclic N) is 1. The van der Waals surface area contributed by atoms with E-state index in [0.29, 0.717) is 13.2 Å². The van der Waals surface area contributed by atoms with Crippen LogP contribution in [0.1, 0.15) is 32.1 Å². The molecule has 1 unspecified atom stereocenters. The fourth-order valence-electron chi connectivity index (χ4n) is 5.16. The molecule has 0 radical (unpaired) electrons. The van der Waals surface area contributed by atoms with Crippen LogP contribution in [0.4, 0.5) is 5.69 Å². The number of benzene rings is 1. The van der Waals surface area contributed by atoms with Crippen LogP contribution in [0.15, 0.2) is 48.8 Å². The third-order valence-corrected chi connectivity index (χ3v) is 7.06. The molecule has 1 aromatic carbocycles. The average Bonchev–Trinajstić information content (AvgIpc) is 3.33. The number of fused-ring (bicyclic) bond motifs is 1. The molecule has 2 fully saturated rings. The van der Waals surface area contributed by atoms with Crippen LogP contribution in [0.3, 0.4) is 0 Å². The number of ether oxygens (including phenoxy) is 1. The largest absolute Gasteiger partial charge is 0.491 e. The standard InChI is InChI=1S/C27H33N5O2/c28-17-21-10-15-31(16-11-21)26-5-4-14-32-27(26)25(18-29-32)22-6-8-24(9-7-22)34-20-23(33)19-30-12-2-1-3-13-30/h4-9,14,18,21,23,33H,1-3,10-13,15-16,19-20H2. The average molecular weight is 460 g/mol. The number of rotatable bonds is 7. The van der Waals surface area contributed by atoms with Crippen LogP contribution in [0.2, 0.25) is 0 Å². The molecule has 0 amide bonds. The smallest absolute Gasteiger partial charge is 0.119 e. The molecule has 7 heteroatoms. The Kier molecular flexibility index (Phi) is 6.98. The topological polar surface area (TPSA) is 77.0 Å². The van der Waals surface area contributed by atoms with Crippen LogP contribution < -0.4 is 9.64 Å². The molecule has 2 aliphatic rings. The van der Waals surface area contributed by atoms with Gasteiger partial charge in [-0.15, -0.1) is 0 Å². The molecule has 1 N–H and O–H groups in total. The molecule has 2 saturated heterocycles. The summed E-state index contributed by atoms with van der Waals surface area (Å²) < 4.78 is 7.81. The van der Waals surface area contributed by atoms with E-state index in [-0.39, 0.29) is 5.92 Å². The number of nitrogens with zero attached hydrogens (tertiary/aromatic N) is 5. The van der Waals surface area contributed by atoms with Gasteiger partial charge in [-0.3, -0.25) is 0 Å². The number of aromatic nitrogens is 2. The van der Waals surface area contributed by atoms with E-state index in [1.54, 1.807) is 0 Å². The minimum atomic E-state index is -0.481. The summed E-state index contributed by atoms with van der Waals surface area (Å²) >= 11 is 0. The highest BCUT2D eigenvalue weighted by Crippen LogP contribution is 2.34. The van der Waals surface area contributed by atoms with E-state index in [2.05, 4.69) is 39.2 Å². The van der Waals surface area contributed by atoms with Crippen molar-refractivity contribution in [2.45, 2.75) is 38.2 Å². The number of aliphatic hydroxyl groups excluding tert-OH is 1. The van der Waals surface area contributed by atoms with Crippen molar-refractivity contribution in [3.05, 3.63) is 48.8 Å². The normalized spacial score (nSPS) is 18.6. The lowest BCUT2D eigenvalue weighted by atomic mass is 9.97. The monoisotopic (exact) mass is 459 g/mol. The summed E-state index contributed by atoms with van der Waals surface area (Å²) in [6, 6.07) is 14.6. The lowest BCUT2D eigenvalue weighted by Gasteiger charge is -2.31. The minimum Gasteiger partial charge on any atom is -0.491 e. The Balaban J connectivity index is 1.27. The van der Waals surface area contributed by atoms with Gasteiger partial charge in [0, 0.05) is 37.3 Å². The summed E-state index contributed by atoms with van der Waals surface area (Å²) in [7, 11) is 0. The third-order valence-electron chi connectivity index (χ3n) is 7.06. The first-order valence-electron chi connectivity index (χ1n) is 12.5. The molecule has 7 nitrogen and oxygen atoms in total. The number of hydrogen-bond donors (Lipinski definition) is 1. The number of piperidine rings is 2. The van der Waals surface area contributed by atoms with E-state index in [9.17, 15) is 10.4 Å². The Morgan fingerprint density at radius 3 is 2.56 bits per heavy atom. The first-order valence-corrected chi connectivity index (χ1v) is 12.5. The van der Waals surface area contributed by atoms with Gasteiger partial charge >= 0.3 is 0 Å². The predicted molar refractivity (Wildman–Crippen MR) is 133 cm³/mol. The molecule has 4 heterocycles. The molecular formula is C27H33N5O2. The van der Waals surface area contributed by atoms with Crippen molar-refractivity contribution in [3.63, 3.8) is 0 Å². The summed E-state index contributed by atoms with van der Waals surface area (Å²) in [5.41, 5.74) is 4.40. The molecule has 0 saturated carbocycles. The second-order valence-corrected chi connectivity index (χ2v) is 9.49. The summed E-state index contributed by atoms with van der Waals surface area (Å²) in [5.74, 6) is 0.919. The van der Waals surface area contributed by atoms with Crippen molar-refractivity contribution in [1.82, 2.24) is 14.5 Å². The first-order chi connectivity index (χ1) is 16.7. The van der Waals surface area contributed by atoms with Crippen molar-refractivity contribution in [1.29, 1.82) is 5.26 Å². The molecule has 0 spiro atoms. The molecule has 1 atom stereocenters. The van der Waals surface area contributed by atoms with Gasteiger partial charge in [0.25, 0.3) is 0 Å². The van der Waals surface area contributed by atoms with Gasteiger partial charge in [0.05, 0.1) is 23.5 Å². The van der Waals surface area contributed by atoms with Crippen LogP contribution in [0.25, 0.3) is 16.6 Å².